The Morgan fingerprint density at radius 3 is 2.48 bits per heavy atom. The summed E-state index contributed by atoms with van der Waals surface area (Å²) in [7, 11) is 0. The Labute approximate surface area is 143 Å². The second-order valence-corrected chi connectivity index (χ2v) is 5.82. The highest BCUT2D eigenvalue weighted by atomic mass is 19.4. The number of allylic oxidation sites excluding steroid dienone is 1. The molecule has 0 spiro atoms. The van der Waals surface area contributed by atoms with Crippen LogP contribution in [0.1, 0.15) is 37.9 Å². The molecule has 1 aliphatic heterocycles. The van der Waals surface area contributed by atoms with Crippen LogP contribution in [0.2, 0.25) is 0 Å². The highest BCUT2D eigenvalue weighted by molar-refractivity contribution is 5.95. The van der Waals surface area contributed by atoms with E-state index in [1.165, 1.54) is 18.2 Å². The SMILES string of the molecule is CCOC(=O)C1=C(C(C)C)NC(=O)NC1c1ccccc1C(F)(F)F. The average Bonchev–Trinajstić information content (AvgIpc) is 2.53. The molecule has 5 nitrogen and oxygen atoms in total. The largest absolute Gasteiger partial charge is 0.463 e. The van der Waals surface area contributed by atoms with Gasteiger partial charge in [0.15, 0.2) is 0 Å². The number of urea groups is 1. The van der Waals surface area contributed by atoms with E-state index in [0.29, 0.717) is 0 Å². The molecule has 0 aliphatic carbocycles. The maximum atomic E-state index is 13.4. The average molecular weight is 356 g/mol. The third-order valence-corrected chi connectivity index (χ3v) is 3.75. The molecule has 1 unspecified atom stereocenters. The lowest BCUT2D eigenvalue weighted by molar-refractivity contribution is -0.141. The summed E-state index contributed by atoms with van der Waals surface area (Å²) in [5.74, 6) is -1.05. The summed E-state index contributed by atoms with van der Waals surface area (Å²) in [6.45, 7) is 5.12. The Bertz CT molecular complexity index is 711. The van der Waals surface area contributed by atoms with Crippen LogP contribution in [0.25, 0.3) is 0 Å². The number of alkyl halides is 3. The first kappa shape index (κ1) is 18.8. The van der Waals surface area contributed by atoms with Crippen LogP contribution in [0.15, 0.2) is 35.5 Å². The first-order chi connectivity index (χ1) is 11.7. The van der Waals surface area contributed by atoms with Crippen LogP contribution in [0.3, 0.4) is 0 Å². The monoisotopic (exact) mass is 356 g/mol. The normalized spacial score (nSPS) is 18.0. The molecule has 0 saturated carbocycles. The summed E-state index contributed by atoms with van der Waals surface area (Å²) in [5.41, 5.74) is -0.879. The maximum Gasteiger partial charge on any atom is 0.416 e. The minimum Gasteiger partial charge on any atom is -0.463 e. The zero-order valence-electron chi connectivity index (χ0n) is 14.0. The van der Waals surface area contributed by atoms with Gasteiger partial charge in [-0.05, 0) is 24.5 Å². The molecule has 2 amide bonds. The van der Waals surface area contributed by atoms with Gasteiger partial charge in [-0.3, -0.25) is 0 Å². The molecule has 1 heterocycles. The second kappa shape index (κ2) is 7.16. The number of esters is 1. The molecule has 2 N–H and O–H groups in total. The van der Waals surface area contributed by atoms with Gasteiger partial charge in [0.25, 0.3) is 0 Å². The Morgan fingerprint density at radius 2 is 1.92 bits per heavy atom. The molecule has 0 fully saturated rings. The second-order valence-electron chi connectivity index (χ2n) is 5.82. The van der Waals surface area contributed by atoms with Crippen molar-refractivity contribution in [3.05, 3.63) is 46.7 Å². The molecule has 8 heteroatoms. The Kier molecular flexibility index (Phi) is 5.39. The third kappa shape index (κ3) is 3.94. The van der Waals surface area contributed by atoms with E-state index in [2.05, 4.69) is 10.6 Å². The zero-order chi connectivity index (χ0) is 18.8. The topological polar surface area (TPSA) is 67.4 Å². The fourth-order valence-corrected chi connectivity index (χ4v) is 2.72. The molecule has 1 atom stereocenters. The quantitative estimate of drug-likeness (QED) is 0.811. The number of hydrogen-bond donors (Lipinski definition) is 2. The van der Waals surface area contributed by atoms with E-state index in [-0.39, 0.29) is 29.4 Å². The molecule has 1 aromatic carbocycles. The van der Waals surface area contributed by atoms with E-state index < -0.39 is 29.8 Å². The van der Waals surface area contributed by atoms with Crippen LogP contribution in [0, 0.1) is 5.92 Å². The lowest BCUT2D eigenvalue weighted by atomic mass is 9.89. The van der Waals surface area contributed by atoms with E-state index in [0.717, 1.165) is 6.07 Å². The van der Waals surface area contributed by atoms with Crippen molar-refractivity contribution < 1.29 is 27.5 Å². The number of carbonyl (C=O) groups is 2. The lowest BCUT2D eigenvalue weighted by Crippen LogP contribution is -2.47. The van der Waals surface area contributed by atoms with Crippen molar-refractivity contribution in [3.63, 3.8) is 0 Å². The van der Waals surface area contributed by atoms with Crippen molar-refractivity contribution in [2.24, 2.45) is 5.92 Å². The molecule has 0 bridgehead atoms. The number of amides is 2. The fourth-order valence-electron chi connectivity index (χ4n) is 2.72. The van der Waals surface area contributed by atoms with E-state index in [9.17, 15) is 22.8 Å². The fraction of sp³-hybridized carbons (Fsp3) is 0.412. The lowest BCUT2D eigenvalue weighted by Gasteiger charge is -2.32. The van der Waals surface area contributed by atoms with Gasteiger partial charge in [0.1, 0.15) is 0 Å². The molecule has 0 radical (unpaired) electrons. The highest BCUT2D eigenvalue weighted by Crippen LogP contribution is 2.38. The van der Waals surface area contributed by atoms with Gasteiger partial charge in [0.2, 0.25) is 0 Å². The molecular formula is C17H19F3N2O3. The van der Waals surface area contributed by atoms with E-state index in [1.54, 1.807) is 20.8 Å². The summed E-state index contributed by atoms with van der Waals surface area (Å²) in [6.07, 6.45) is -4.62. The number of ether oxygens (including phenoxy) is 1. The van der Waals surface area contributed by atoms with Crippen molar-refractivity contribution in [1.82, 2.24) is 10.6 Å². The van der Waals surface area contributed by atoms with Gasteiger partial charge in [-0.15, -0.1) is 0 Å². The van der Waals surface area contributed by atoms with E-state index in [1.807, 2.05) is 0 Å². The number of hydrogen-bond acceptors (Lipinski definition) is 3. The Balaban J connectivity index is 2.67. The molecule has 0 saturated heterocycles. The number of halogens is 3. The van der Waals surface area contributed by atoms with Crippen LogP contribution in [-0.4, -0.2) is 18.6 Å². The zero-order valence-corrected chi connectivity index (χ0v) is 14.0. The Morgan fingerprint density at radius 1 is 1.28 bits per heavy atom. The number of carbonyl (C=O) groups excluding carboxylic acids is 2. The standard InChI is InChI=1S/C17H19F3N2O3/c1-4-25-15(23)12-13(9(2)3)21-16(24)22-14(12)10-7-5-6-8-11(10)17(18,19)20/h5-9,14H,4H2,1-3H3,(H2,21,22,24). The highest BCUT2D eigenvalue weighted by Gasteiger charge is 2.40. The summed E-state index contributed by atoms with van der Waals surface area (Å²) >= 11 is 0. The summed E-state index contributed by atoms with van der Waals surface area (Å²) in [6, 6.07) is 2.93. The van der Waals surface area contributed by atoms with Gasteiger partial charge in [-0.25, -0.2) is 9.59 Å². The molecule has 136 valence electrons. The number of rotatable bonds is 4. The van der Waals surface area contributed by atoms with Crippen molar-refractivity contribution in [1.29, 1.82) is 0 Å². The van der Waals surface area contributed by atoms with E-state index >= 15 is 0 Å². The summed E-state index contributed by atoms with van der Waals surface area (Å²) < 4.78 is 45.1. The van der Waals surface area contributed by atoms with Crippen molar-refractivity contribution in [2.45, 2.75) is 33.0 Å². The predicted molar refractivity (Wildman–Crippen MR) is 84.3 cm³/mol. The predicted octanol–water partition coefficient (Wildman–Crippen LogP) is 3.53. The smallest absolute Gasteiger partial charge is 0.416 e. The van der Waals surface area contributed by atoms with Crippen LogP contribution >= 0.6 is 0 Å². The van der Waals surface area contributed by atoms with Crippen LogP contribution in [0.4, 0.5) is 18.0 Å². The van der Waals surface area contributed by atoms with Crippen molar-refractivity contribution >= 4 is 12.0 Å². The van der Waals surface area contributed by atoms with Gasteiger partial charge in [0.05, 0.1) is 23.8 Å². The van der Waals surface area contributed by atoms with Gasteiger partial charge in [-0.1, -0.05) is 32.0 Å². The molecule has 25 heavy (non-hydrogen) atoms. The molecule has 1 aromatic rings. The number of nitrogens with one attached hydrogen (secondary N) is 2. The van der Waals surface area contributed by atoms with Crippen LogP contribution in [-0.2, 0) is 15.7 Å². The first-order valence-corrected chi connectivity index (χ1v) is 7.81. The van der Waals surface area contributed by atoms with Gasteiger partial charge in [-0.2, -0.15) is 13.2 Å². The first-order valence-electron chi connectivity index (χ1n) is 7.81. The Hall–Kier alpha value is -2.51. The van der Waals surface area contributed by atoms with Gasteiger partial charge in [0, 0.05) is 5.70 Å². The molecule has 1 aliphatic rings. The summed E-state index contributed by atoms with van der Waals surface area (Å²) in [4.78, 5) is 24.4. The summed E-state index contributed by atoms with van der Waals surface area (Å²) in [5, 5.41) is 4.92. The van der Waals surface area contributed by atoms with Crippen molar-refractivity contribution in [3.8, 4) is 0 Å². The van der Waals surface area contributed by atoms with Crippen LogP contribution in [0.5, 0.6) is 0 Å². The minimum atomic E-state index is -4.62. The third-order valence-electron chi connectivity index (χ3n) is 3.75. The van der Waals surface area contributed by atoms with Gasteiger partial charge >= 0.3 is 18.2 Å². The van der Waals surface area contributed by atoms with Crippen molar-refractivity contribution in [2.75, 3.05) is 6.61 Å². The molecule has 0 aromatic heterocycles. The number of benzene rings is 1. The van der Waals surface area contributed by atoms with Gasteiger partial charge < -0.3 is 15.4 Å². The maximum absolute atomic E-state index is 13.4. The van der Waals surface area contributed by atoms with Crippen LogP contribution < -0.4 is 10.6 Å². The minimum absolute atomic E-state index is 0.0202. The van der Waals surface area contributed by atoms with E-state index in [4.69, 9.17) is 4.74 Å². The molecule has 2 rings (SSSR count). The molecular weight excluding hydrogens is 337 g/mol.